The predicted molar refractivity (Wildman–Crippen MR) is 109 cm³/mol. The van der Waals surface area contributed by atoms with Gasteiger partial charge < -0.3 is 10.2 Å². The minimum atomic E-state index is -3.58. The van der Waals surface area contributed by atoms with Crippen LogP contribution in [0.3, 0.4) is 0 Å². The van der Waals surface area contributed by atoms with Crippen molar-refractivity contribution in [2.24, 2.45) is 10.7 Å². The van der Waals surface area contributed by atoms with E-state index in [0.29, 0.717) is 15.7 Å². The van der Waals surface area contributed by atoms with Crippen LogP contribution in [0.25, 0.3) is 21.8 Å². The van der Waals surface area contributed by atoms with Crippen LogP contribution < -0.4 is 5.73 Å². The maximum absolute atomic E-state index is 12.4. The standard InChI is InChI=1S/C17H16ClN5O3S2/c1-17(8-28(24,25)23(2)16(19)22-17)15-12(18)4-14(27-15)11-3-10(5-20-6-11)13-7-21-9-26-13/h3-7,9H,8H2,1-2H3,(H2,19,22). The number of halogens is 1. The lowest BCUT2D eigenvalue weighted by molar-refractivity contribution is 0.482. The molecule has 1 unspecified atom stereocenters. The first kappa shape index (κ1) is 18.9. The third kappa shape index (κ3) is 3.17. The van der Waals surface area contributed by atoms with Crippen LogP contribution in [0.1, 0.15) is 11.8 Å². The molecule has 0 saturated heterocycles. The van der Waals surface area contributed by atoms with Crippen molar-refractivity contribution in [3.8, 4) is 21.8 Å². The molecule has 0 fully saturated rings. The van der Waals surface area contributed by atoms with Crippen molar-refractivity contribution in [3.05, 3.63) is 47.0 Å². The fraction of sp³-hybridized carbons (Fsp3) is 0.235. The molecule has 1 atom stereocenters. The van der Waals surface area contributed by atoms with Crippen molar-refractivity contribution in [1.29, 1.82) is 0 Å². The Hall–Kier alpha value is -2.43. The lowest BCUT2D eigenvalue weighted by Gasteiger charge is -2.33. The van der Waals surface area contributed by atoms with Crippen molar-refractivity contribution in [3.63, 3.8) is 0 Å². The minimum Gasteiger partial charge on any atom is -0.443 e. The molecule has 3 aromatic rings. The first-order chi connectivity index (χ1) is 13.2. The number of aliphatic imine (C=N–C) groups is 1. The topological polar surface area (TPSA) is 115 Å². The second-order valence-electron chi connectivity index (χ2n) is 6.58. The highest BCUT2D eigenvalue weighted by atomic mass is 35.5. The molecular formula is C17H16ClN5O3S2. The molecule has 1 aliphatic rings. The van der Waals surface area contributed by atoms with Gasteiger partial charge in [0, 0.05) is 35.4 Å². The second kappa shape index (κ2) is 6.57. The van der Waals surface area contributed by atoms with Gasteiger partial charge in [-0.2, -0.15) is 0 Å². The van der Waals surface area contributed by atoms with Gasteiger partial charge in [-0.25, -0.2) is 22.7 Å². The number of pyridine rings is 1. The maximum atomic E-state index is 12.4. The summed E-state index contributed by atoms with van der Waals surface area (Å²) in [6.07, 6.45) is 6.34. The summed E-state index contributed by atoms with van der Waals surface area (Å²) in [5.74, 6) is 0.324. The van der Waals surface area contributed by atoms with Crippen molar-refractivity contribution in [2.45, 2.75) is 12.5 Å². The summed E-state index contributed by atoms with van der Waals surface area (Å²) >= 11 is 7.84. The van der Waals surface area contributed by atoms with Crippen LogP contribution in [0.2, 0.25) is 5.02 Å². The molecule has 3 aromatic heterocycles. The zero-order valence-corrected chi connectivity index (χ0v) is 17.3. The highest BCUT2D eigenvalue weighted by molar-refractivity contribution is 7.89. The van der Waals surface area contributed by atoms with Crippen LogP contribution in [0.15, 0.2) is 46.5 Å². The average molecular weight is 438 g/mol. The maximum Gasteiger partial charge on any atom is 0.239 e. The van der Waals surface area contributed by atoms with Gasteiger partial charge in [0.1, 0.15) is 5.54 Å². The smallest absolute Gasteiger partial charge is 0.239 e. The number of guanidine groups is 1. The number of nitrogens with zero attached hydrogens (tertiary/aromatic N) is 4. The quantitative estimate of drug-likeness (QED) is 0.673. The zero-order valence-electron chi connectivity index (χ0n) is 15.0. The van der Waals surface area contributed by atoms with Gasteiger partial charge in [0.05, 0.1) is 21.8 Å². The van der Waals surface area contributed by atoms with E-state index in [2.05, 4.69) is 15.0 Å². The summed E-state index contributed by atoms with van der Waals surface area (Å²) in [7, 11) is -2.20. The number of thiophene rings is 1. The van der Waals surface area contributed by atoms with Crippen LogP contribution in [-0.2, 0) is 15.6 Å². The number of hydrogen-bond acceptors (Lipinski definition) is 8. The molecule has 146 valence electrons. The lowest BCUT2D eigenvalue weighted by Crippen LogP contribution is -2.50. The summed E-state index contributed by atoms with van der Waals surface area (Å²) < 4.78 is 31.2. The fourth-order valence-corrected chi connectivity index (χ4v) is 6.16. The predicted octanol–water partition coefficient (Wildman–Crippen LogP) is 2.92. The van der Waals surface area contributed by atoms with E-state index < -0.39 is 15.6 Å². The van der Waals surface area contributed by atoms with Crippen LogP contribution >= 0.6 is 22.9 Å². The van der Waals surface area contributed by atoms with Crippen molar-refractivity contribution < 1.29 is 12.8 Å². The first-order valence-corrected chi connectivity index (χ1v) is 11.0. The fourth-order valence-electron chi connectivity index (χ4n) is 3.01. The minimum absolute atomic E-state index is 0.0613. The Morgan fingerprint density at radius 1 is 1.25 bits per heavy atom. The average Bonchev–Trinajstić information content (AvgIpc) is 3.29. The molecule has 2 N–H and O–H groups in total. The Balaban J connectivity index is 1.77. The van der Waals surface area contributed by atoms with E-state index in [9.17, 15) is 8.42 Å². The van der Waals surface area contributed by atoms with Gasteiger partial charge in [0.2, 0.25) is 16.0 Å². The number of hydrogen-bond donors (Lipinski definition) is 1. The Kier molecular flexibility index (Phi) is 4.44. The summed E-state index contributed by atoms with van der Waals surface area (Å²) in [6, 6.07) is 3.69. The molecule has 0 radical (unpaired) electrons. The van der Waals surface area contributed by atoms with Gasteiger partial charge in [-0.05, 0) is 19.1 Å². The number of rotatable bonds is 3. The molecule has 4 heterocycles. The van der Waals surface area contributed by atoms with Gasteiger partial charge in [0.25, 0.3) is 0 Å². The van der Waals surface area contributed by atoms with Gasteiger partial charge in [0.15, 0.2) is 12.2 Å². The molecule has 0 aromatic carbocycles. The number of aromatic nitrogens is 2. The number of oxazole rings is 1. The largest absolute Gasteiger partial charge is 0.443 e. The summed E-state index contributed by atoms with van der Waals surface area (Å²) in [5, 5.41) is 0.434. The van der Waals surface area contributed by atoms with Gasteiger partial charge in [-0.1, -0.05) is 11.6 Å². The van der Waals surface area contributed by atoms with Crippen molar-refractivity contribution >= 4 is 38.9 Å². The van der Waals surface area contributed by atoms with Gasteiger partial charge in [-0.3, -0.25) is 4.98 Å². The van der Waals surface area contributed by atoms with E-state index in [1.165, 1.54) is 24.8 Å². The summed E-state index contributed by atoms with van der Waals surface area (Å²) in [4.78, 5) is 14.1. The summed E-state index contributed by atoms with van der Waals surface area (Å²) in [5.41, 5.74) is 6.37. The van der Waals surface area contributed by atoms with Gasteiger partial charge >= 0.3 is 0 Å². The first-order valence-electron chi connectivity index (χ1n) is 8.16. The highest BCUT2D eigenvalue weighted by Crippen LogP contribution is 2.44. The lowest BCUT2D eigenvalue weighted by atomic mass is 10.0. The SMILES string of the molecule is CN1C(N)=NC(C)(c2sc(-c3cncc(-c4cnco4)c3)cc2Cl)CS1(=O)=O. The molecule has 0 bridgehead atoms. The van der Waals surface area contributed by atoms with Crippen LogP contribution in [0.4, 0.5) is 0 Å². The Morgan fingerprint density at radius 3 is 2.68 bits per heavy atom. The third-order valence-electron chi connectivity index (χ3n) is 4.48. The molecule has 4 rings (SSSR count). The molecule has 0 spiro atoms. The van der Waals surface area contributed by atoms with Crippen molar-refractivity contribution in [1.82, 2.24) is 14.3 Å². The number of sulfonamides is 1. The van der Waals surface area contributed by atoms with Gasteiger partial charge in [-0.15, -0.1) is 11.3 Å². The van der Waals surface area contributed by atoms with E-state index in [1.807, 2.05) is 6.07 Å². The third-order valence-corrected chi connectivity index (χ3v) is 8.28. The van der Waals surface area contributed by atoms with Crippen molar-refractivity contribution in [2.75, 3.05) is 12.8 Å². The van der Waals surface area contributed by atoms with E-state index in [-0.39, 0.29) is 11.7 Å². The molecule has 1 aliphatic heterocycles. The molecule has 28 heavy (non-hydrogen) atoms. The molecule has 8 nitrogen and oxygen atoms in total. The van der Waals surface area contributed by atoms with Crippen LogP contribution in [0, 0.1) is 0 Å². The molecule has 0 aliphatic carbocycles. The van der Waals surface area contributed by atoms with Crippen LogP contribution in [0.5, 0.6) is 0 Å². The van der Waals surface area contributed by atoms with E-state index in [4.69, 9.17) is 21.8 Å². The number of nitrogens with two attached hydrogens (primary N) is 1. The Morgan fingerprint density at radius 2 is 2.00 bits per heavy atom. The molecular weight excluding hydrogens is 422 g/mol. The summed E-state index contributed by atoms with van der Waals surface area (Å²) in [6.45, 7) is 1.72. The monoisotopic (exact) mass is 437 g/mol. The highest BCUT2D eigenvalue weighted by Gasteiger charge is 2.42. The normalized spacial score (nSPS) is 21.5. The van der Waals surface area contributed by atoms with E-state index in [1.54, 1.807) is 31.6 Å². The molecule has 0 amide bonds. The van der Waals surface area contributed by atoms with Crippen LogP contribution in [-0.4, -0.2) is 41.5 Å². The zero-order chi connectivity index (χ0) is 20.1. The second-order valence-corrected chi connectivity index (χ2v) is 10.0. The van der Waals surface area contributed by atoms with E-state index in [0.717, 1.165) is 20.3 Å². The molecule has 11 heteroatoms. The molecule has 0 saturated carbocycles. The Labute approximate surface area is 170 Å². The van der Waals surface area contributed by atoms with E-state index >= 15 is 0 Å². The Bertz CT molecular complexity index is 1170.